The van der Waals surface area contributed by atoms with Crippen molar-refractivity contribution in [3.63, 3.8) is 0 Å². The predicted octanol–water partition coefficient (Wildman–Crippen LogP) is 4.18. The quantitative estimate of drug-likeness (QED) is 0.587. The Kier molecular flexibility index (Phi) is 6.23. The van der Waals surface area contributed by atoms with E-state index in [0.717, 1.165) is 11.1 Å². The van der Waals surface area contributed by atoms with Gasteiger partial charge < -0.3 is 20.2 Å². The molecule has 2 bridgehead atoms. The number of carbonyl (C=O) groups is 3. The molecule has 2 saturated heterocycles. The minimum Gasteiger partial charge on any atom is -0.480 e. The number of fused-ring (bicyclic) bond motifs is 2. The first-order chi connectivity index (χ1) is 17.0. The first-order valence-electron chi connectivity index (χ1n) is 11.8. The summed E-state index contributed by atoms with van der Waals surface area (Å²) in [5.41, 5.74) is 2.27. The van der Waals surface area contributed by atoms with E-state index in [1.54, 1.807) is 17.0 Å². The lowest BCUT2D eigenvalue weighted by Gasteiger charge is -2.45. The van der Waals surface area contributed by atoms with E-state index in [-0.39, 0.29) is 24.5 Å². The Balaban J connectivity index is 1.46. The van der Waals surface area contributed by atoms with E-state index in [0.29, 0.717) is 18.5 Å². The Hall–Kier alpha value is -4.13. The van der Waals surface area contributed by atoms with E-state index in [1.165, 1.54) is 4.90 Å². The van der Waals surface area contributed by atoms with Crippen molar-refractivity contribution in [1.29, 1.82) is 0 Å². The molecular weight excluding hydrogens is 442 g/mol. The number of para-hydroxylation sites is 1. The van der Waals surface area contributed by atoms with E-state index < -0.39 is 24.0 Å². The van der Waals surface area contributed by atoms with Gasteiger partial charge in [0, 0.05) is 12.2 Å². The largest absolute Gasteiger partial charge is 0.480 e. The van der Waals surface area contributed by atoms with Gasteiger partial charge in [-0.2, -0.15) is 0 Å². The van der Waals surface area contributed by atoms with Crippen molar-refractivity contribution in [2.75, 3.05) is 11.9 Å². The molecule has 35 heavy (non-hydrogen) atoms. The van der Waals surface area contributed by atoms with E-state index >= 15 is 0 Å². The second kappa shape index (κ2) is 9.62. The molecule has 1 unspecified atom stereocenters. The number of anilines is 1. The fourth-order valence-corrected chi connectivity index (χ4v) is 5.43. The lowest BCUT2D eigenvalue weighted by Crippen LogP contribution is -2.66. The van der Waals surface area contributed by atoms with Crippen LogP contribution in [0.5, 0.6) is 0 Å². The van der Waals surface area contributed by atoms with Crippen molar-refractivity contribution in [1.82, 2.24) is 9.80 Å². The second-order valence-electron chi connectivity index (χ2n) is 9.03. The zero-order valence-corrected chi connectivity index (χ0v) is 19.2. The summed E-state index contributed by atoms with van der Waals surface area (Å²) in [7, 11) is 0. The maximum Gasteiger partial charge on any atom is 0.328 e. The summed E-state index contributed by atoms with van der Waals surface area (Å²) in [5.74, 6) is -1.97. The topological polar surface area (TPSA) is 90.0 Å². The predicted molar refractivity (Wildman–Crippen MR) is 132 cm³/mol. The van der Waals surface area contributed by atoms with Crippen molar-refractivity contribution in [3.8, 4) is 0 Å². The molecule has 3 aromatic rings. The molecule has 7 heteroatoms. The molecule has 0 aliphatic carbocycles. The molecule has 2 aliphatic heterocycles. The van der Waals surface area contributed by atoms with Crippen molar-refractivity contribution in [3.05, 3.63) is 102 Å². The smallest absolute Gasteiger partial charge is 0.328 e. The molecule has 2 N–H and O–H groups in total. The van der Waals surface area contributed by atoms with Gasteiger partial charge in [0.15, 0.2) is 0 Å². The van der Waals surface area contributed by atoms with Crippen molar-refractivity contribution in [2.24, 2.45) is 0 Å². The molecule has 0 radical (unpaired) electrons. The third-order valence-electron chi connectivity index (χ3n) is 6.96. The summed E-state index contributed by atoms with van der Waals surface area (Å²) in [6.07, 6.45) is 1.19. The van der Waals surface area contributed by atoms with Gasteiger partial charge in [0.1, 0.15) is 6.04 Å². The standard InChI is InChI=1S/C28H27N3O4/c32-26(24(19-10-4-1-5-11-19)20-12-6-2-7-13-20)30-18-22-16-17-23(25(30)27(33)34)31(22)28(35)29-21-14-8-3-9-15-21/h1-15,22-25H,16-18H2,(H,29,35)(H,33,34)/t22?,23-,25+/m1/s1. The minimum absolute atomic E-state index is 0.185. The summed E-state index contributed by atoms with van der Waals surface area (Å²) in [5, 5.41) is 13.1. The highest BCUT2D eigenvalue weighted by molar-refractivity contribution is 5.94. The third kappa shape index (κ3) is 4.37. The molecule has 5 rings (SSSR count). The number of nitrogens with zero attached hydrogens (tertiary/aromatic N) is 2. The molecule has 0 aromatic heterocycles. The van der Waals surface area contributed by atoms with Crippen LogP contribution >= 0.6 is 0 Å². The van der Waals surface area contributed by atoms with E-state index in [9.17, 15) is 19.5 Å². The molecule has 3 atom stereocenters. The molecule has 178 valence electrons. The first-order valence-corrected chi connectivity index (χ1v) is 11.8. The van der Waals surface area contributed by atoms with Crippen LogP contribution in [0.1, 0.15) is 29.9 Å². The first kappa shape index (κ1) is 22.7. The van der Waals surface area contributed by atoms with E-state index in [4.69, 9.17) is 0 Å². The summed E-state index contributed by atoms with van der Waals surface area (Å²) in [4.78, 5) is 42.9. The van der Waals surface area contributed by atoms with Crippen LogP contribution in [0.2, 0.25) is 0 Å². The molecule has 3 amide bonds. The average molecular weight is 470 g/mol. The molecule has 2 heterocycles. The van der Waals surface area contributed by atoms with Gasteiger partial charge in [-0.1, -0.05) is 78.9 Å². The summed E-state index contributed by atoms with van der Waals surface area (Å²) >= 11 is 0. The van der Waals surface area contributed by atoms with Gasteiger partial charge in [-0.25, -0.2) is 9.59 Å². The van der Waals surface area contributed by atoms with Gasteiger partial charge in [-0.15, -0.1) is 0 Å². The zero-order chi connectivity index (χ0) is 24.4. The number of hydrogen-bond donors (Lipinski definition) is 2. The molecular formula is C28H27N3O4. The van der Waals surface area contributed by atoms with Crippen LogP contribution in [0.15, 0.2) is 91.0 Å². The molecule has 0 saturated carbocycles. The van der Waals surface area contributed by atoms with Gasteiger partial charge in [0.25, 0.3) is 0 Å². The number of rotatable bonds is 5. The molecule has 3 aromatic carbocycles. The number of likely N-dealkylation sites (tertiary alicyclic amines) is 1. The maximum atomic E-state index is 14.0. The van der Waals surface area contributed by atoms with Crippen LogP contribution in [0.4, 0.5) is 10.5 Å². The van der Waals surface area contributed by atoms with Gasteiger partial charge in [0.05, 0.1) is 18.0 Å². The number of carboxylic acid groups (broad SMARTS) is 1. The highest BCUT2D eigenvalue weighted by Crippen LogP contribution is 2.38. The number of hydrogen-bond acceptors (Lipinski definition) is 3. The maximum absolute atomic E-state index is 14.0. The molecule has 7 nitrogen and oxygen atoms in total. The Morgan fingerprint density at radius 2 is 1.34 bits per heavy atom. The summed E-state index contributed by atoms with van der Waals surface area (Å²) in [6.45, 7) is 0.185. The van der Waals surface area contributed by atoms with Gasteiger partial charge in [-0.05, 0) is 36.1 Å². The lowest BCUT2D eigenvalue weighted by molar-refractivity contribution is -0.156. The van der Waals surface area contributed by atoms with Crippen LogP contribution in [0.3, 0.4) is 0 Å². The number of carboxylic acids is 1. The number of carbonyl (C=O) groups excluding carboxylic acids is 2. The van der Waals surface area contributed by atoms with Crippen LogP contribution in [-0.2, 0) is 9.59 Å². The Bertz CT molecular complexity index is 1160. The number of benzene rings is 3. The minimum atomic E-state index is -1.11. The normalized spacial score (nSPS) is 21.1. The molecule has 2 aliphatic rings. The van der Waals surface area contributed by atoms with Crippen molar-refractivity contribution in [2.45, 2.75) is 36.9 Å². The Labute approximate surface area is 204 Å². The van der Waals surface area contributed by atoms with Gasteiger partial charge in [-0.3, -0.25) is 4.79 Å². The summed E-state index contributed by atoms with van der Waals surface area (Å²) in [6, 6.07) is 25.7. The van der Waals surface area contributed by atoms with Crippen LogP contribution < -0.4 is 5.32 Å². The SMILES string of the molecule is O=C(O)[C@@H]1[C@H]2CCC(CN1C(=O)C(c1ccccc1)c1ccccc1)N2C(=O)Nc1ccccc1. The number of aliphatic carboxylic acids is 1. The Morgan fingerprint density at radius 1 is 0.800 bits per heavy atom. The average Bonchev–Trinajstić information content (AvgIpc) is 3.18. The monoisotopic (exact) mass is 469 g/mol. The van der Waals surface area contributed by atoms with Crippen LogP contribution in [-0.4, -0.2) is 57.5 Å². The molecule has 2 fully saturated rings. The van der Waals surface area contributed by atoms with E-state index in [1.807, 2.05) is 78.9 Å². The molecule has 0 spiro atoms. The third-order valence-corrected chi connectivity index (χ3v) is 6.96. The number of urea groups is 1. The van der Waals surface area contributed by atoms with Gasteiger partial charge >= 0.3 is 12.0 Å². The zero-order valence-electron chi connectivity index (χ0n) is 19.2. The van der Waals surface area contributed by atoms with Crippen LogP contribution in [0, 0.1) is 0 Å². The second-order valence-corrected chi connectivity index (χ2v) is 9.03. The number of amides is 3. The van der Waals surface area contributed by atoms with Crippen molar-refractivity contribution < 1.29 is 19.5 Å². The number of piperazine rings is 1. The highest BCUT2D eigenvalue weighted by Gasteiger charge is 2.53. The highest BCUT2D eigenvalue weighted by atomic mass is 16.4. The lowest BCUT2D eigenvalue weighted by atomic mass is 9.88. The fraction of sp³-hybridized carbons (Fsp3) is 0.250. The summed E-state index contributed by atoms with van der Waals surface area (Å²) < 4.78 is 0. The fourth-order valence-electron chi connectivity index (χ4n) is 5.43. The van der Waals surface area contributed by atoms with Crippen molar-refractivity contribution >= 4 is 23.6 Å². The number of nitrogens with one attached hydrogen (secondary N) is 1. The Morgan fingerprint density at radius 3 is 1.89 bits per heavy atom. The van der Waals surface area contributed by atoms with Crippen LogP contribution in [0.25, 0.3) is 0 Å². The van der Waals surface area contributed by atoms with E-state index in [2.05, 4.69) is 5.32 Å². The van der Waals surface area contributed by atoms with Gasteiger partial charge in [0.2, 0.25) is 5.91 Å².